The number of carbonyl (C=O) groups is 1. The molecular weight excluding hydrogens is 310 g/mol. The highest BCUT2D eigenvalue weighted by Gasteiger charge is 2.21. The van der Waals surface area contributed by atoms with Crippen molar-refractivity contribution < 1.29 is 27.1 Å². The second-order valence-corrected chi connectivity index (χ2v) is 6.36. The van der Waals surface area contributed by atoms with Crippen LogP contribution in [0.2, 0.25) is 0 Å². The molecule has 0 unspecified atom stereocenters. The summed E-state index contributed by atoms with van der Waals surface area (Å²) in [4.78, 5) is 11.5. The minimum absolute atomic E-state index is 0.0708. The number of aryl methyl sites for hydroxylation is 1. The molecule has 0 aliphatic rings. The van der Waals surface area contributed by atoms with Gasteiger partial charge in [0.05, 0.1) is 19.8 Å². The number of carbonyl (C=O) groups excluding carboxylic acids is 1. The lowest BCUT2D eigenvalue weighted by Gasteiger charge is -2.04. The molecule has 1 N–H and O–H groups in total. The molecule has 0 bridgehead atoms. The number of ether oxygens (including phenoxy) is 2. The molecule has 0 aliphatic carbocycles. The fourth-order valence-electron chi connectivity index (χ4n) is 1.39. The number of methoxy groups -OCH3 is 1. The number of hydrogen-bond acceptors (Lipinski definition) is 6. The molecule has 114 valence electrons. The molecule has 1 aromatic rings. The van der Waals surface area contributed by atoms with Gasteiger partial charge in [0.2, 0.25) is 0 Å². The van der Waals surface area contributed by atoms with E-state index in [2.05, 4.69) is 5.32 Å². The standard InChI is InChI=1S/C11H16ClNO6S/c1-8-10(20(12,15)16)7-9(19-8)11(14)13-3-4-18-6-5-17-2/h7H,3-6H2,1-2H3,(H,13,14). The van der Waals surface area contributed by atoms with Crippen LogP contribution in [-0.2, 0) is 18.5 Å². The van der Waals surface area contributed by atoms with Crippen LogP contribution in [0, 0.1) is 6.92 Å². The van der Waals surface area contributed by atoms with Crippen LogP contribution in [0.1, 0.15) is 16.3 Å². The van der Waals surface area contributed by atoms with Gasteiger partial charge in [-0.1, -0.05) is 0 Å². The van der Waals surface area contributed by atoms with E-state index in [1.54, 1.807) is 7.11 Å². The molecule has 0 radical (unpaired) electrons. The summed E-state index contributed by atoms with van der Waals surface area (Å²) >= 11 is 0. The first kappa shape index (κ1) is 17.0. The number of amides is 1. The molecule has 1 amide bonds. The molecule has 20 heavy (non-hydrogen) atoms. The topological polar surface area (TPSA) is 94.8 Å². The van der Waals surface area contributed by atoms with E-state index in [1.807, 2.05) is 0 Å². The summed E-state index contributed by atoms with van der Waals surface area (Å²) in [7, 11) is 2.85. The Bertz CT molecular complexity index is 553. The zero-order valence-corrected chi connectivity index (χ0v) is 12.7. The predicted molar refractivity (Wildman–Crippen MR) is 71.5 cm³/mol. The van der Waals surface area contributed by atoms with Crippen LogP contribution in [0.25, 0.3) is 0 Å². The molecule has 0 saturated carbocycles. The van der Waals surface area contributed by atoms with Gasteiger partial charge in [-0.3, -0.25) is 4.79 Å². The summed E-state index contributed by atoms with van der Waals surface area (Å²) in [6, 6.07) is 1.10. The average molecular weight is 326 g/mol. The van der Waals surface area contributed by atoms with Gasteiger partial charge in [-0.15, -0.1) is 0 Å². The summed E-state index contributed by atoms with van der Waals surface area (Å²) in [6.07, 6.45) is 0. The number of halogens is 1. The molecule has 7 nitrogen and oxygen atoms in total. The van der Waals surface area contributed by atoms with E-state index in [4.69, 9.17) is 24.6 Å². The smallest absolute Gasteiger partial charge is 0.287 e. The summed E-state index contributed by atoms with van der Waals surface area (Å²) < 4.78 is 37.4. The lowest BCUT2D eigenvalue weighted by atomic mass is 10.4. The van der Waals surface area contributed by atoms with Crippen molar-refractivity contribution in [2.45, 2.75) is 11.8 Å². The van der Waals surface area contributed by atoms with E-state index in [0.717, 1.165) is 6.07 Å². The van der Waals surface area contributed by atoms with E-state index in [0.29, 0.717) is 19.8 Å². The summed E-state index contributed by atoms with van der Waals surface area (Å²) in [5.74, 6) is -0.574. The average Bonchev–Trinajstić information content (AvgIpc) is 2.75. The van der Waals surface area contributed by atoms with Crippen LogP contribution in [0.15, 0.2) is 15.4 Å². The number of nitrogens with one attached hydrogen (secondary N) is 1. The molecule has 0 saturated heterocycles. The number of furan rings is 1. The van der Waals surface area contributed by atoms with E-state index < -0.39 is 15.0 Å². The highest BCUT2D eigenvalue weighted by atomic mass is 35.7. The van der Waals surface area contributed by atoms with E-state index in [1.165, 1.54) is 6.92 Å². The van der Waals surface area contributed by atoms with Crippen molar-refractivity contribution in [2.24, 2.45) is 0 Å². The second kappa shape index (κ2) is 7.63. The predicted octanol–water partition coefficient (Wildman–Crippen LogP) is 0.908. The fraction of sp³-hybridized carbons (Fsp3) is 0.545. The van der Waals surface area contributed by atoms with Crippen molar-refractivity contribution in [3.05, 3.63) is 17.6 Å². The van der Waals surface area contributed by atoms with Crippen LogP contribution < -0.4 is 5.32 Å². The third kappa shape index (κ3) is 5.12. The molecule has 9 heteroatoms. The normalized spacial score (nSPS) is 11.6. The summed E-state index contributed by atoms with van der Waals surface area (Å²) in [5.41, 5.74) is 0. The van der Waals surface area contributed by atoms with Gasteiger partial charge in [0.15, 0.2) is 5.76 Å². The van der Waals surface area contributed by atoms with Gasteiger partial charge in [-0.25, -0.2) is 8.42 Å². The van der Waals surface area contributed by atoms with E-state index >= 15 is 0 Å². The summed E-state index contributed by atoms with van der Waals surface area (Å²) in [5, 5.41) is 2.53. The van der Waals surface area contributed by atoms with Crippen molar-refractivity contribution in [2.75, 3.05) is 33.5 Å². The lowest BCUT2D eigenvalue weighted by molar-refractivity contribution is 0.0687. The van der Waals surface area contributed by atoms with E-state index in [9.17, 15) is 13.2 Å². The van der Waals surface area contributed by atoms with Crippen molar-refractivity contribution in [3.8, 4) is 0 Å². The van der Waals surface area contributed by atoms with Crippen molar-refractivity contribution in [3.63, 3.8) is 0 Å². The maximum absolute atomic E-state index is 11.7. The molecule has 1 rings (SSSR count). The number of rotatable bonds is 8. The maximum Gasteiger partial charge on any atom is 0.287 e. The minimum Gasteiger partial charge on any atom is -0.455 e. The van der Waals surface area contributed by atoms with E-state index in [-0.39, 0.29) is 23.0 Å². The minimum atomic E-state index is -3.92. The maximum atomic E-state index is 11.7. The Kier molecular flexibility index (Phi) is 6.47. The van der Waals surface area contributed by atoms with Gasteiger partial charge in [0.1, 0.15) is 10.7 Å². The largest absolute Gasteiger partial charge is 0.455 e. The van der Waals surface area contributed by atoms with Crippen molar-refractivity contribution in [1.82, 2.24) is 5.32 Å². The zero-order chi connectivity index (χ0) is 15.2. The Morgan fingerprint density at radius 1 is 1.40 bits per heavy atom. The first-order chi connectivity index (χ1) is 9.36. The summed E-state index contributed by atoms with van der Waals surface area (Å²) in [6.45, 7) is 2.91. The SMILES string of the molecule is COCCOCCNC(=O)c1cc(S(=O)(=O)Cl)c(C)o1. The molecule has 0 spiro atoms. The van der Waals surface area contributed by atoms with Gasteiger partial charge >= 0.3 is 0 Å². The molecule has 0 fully saturated rings. The molecule has 0 atom stereocenters. The van der Waals surface area contributed by atoms with Gasteiger partial charge in [-0.05, 0) is 6.92 Å². The van der Waals surface area contributed by atoms with Crippen molar-refractivity contribution in [1.29, 1.82) is 0 Å². The zero-order valence-electron chi connectivity index (χ0n) is 11.1. The molecular formula is C11H16ClNO6S. The third-order valence-corrected chi connectivity index (χ3v) is 3.75. The van der Waals surface area contributed by atoms with Crippen LogP contribution in [0.5, 0.6) is 0 Å². The van der Waals surface area contributed by atoms with Gasteiger partial charge in [0, 0.05) is 30.4 Å². The Hall–Kier alpha value is -1.09. The Labute approximate surface area is 121 Å². The Balaban J connectivity index is 2.49. The van der Waals surface area contributed by atoms with Gasteiger partial charge in [0.25, 0.3) is 15.0 Å². The Morgan fingerprint density at radius 3 is 2.65 bits per heavy atom. The Morgan fingerprint density at radius 2 is 2.10 bits per heavy atom. The monoisotopic (exact) mass is 325 g/mol. The highest BCUT2D eigenvalue weighted by molar-refractivity contribution is 8.13. The molecule has 0 aromatic carbocycles. The molecule has 1 aromatic heterocycles. The first-order valence-corrected chi connectivity index (χ1v) is 8.07. The third-order valence-electron chi connectivity index (χ3n) is 2.32. The van der Waals surface area contributed by atoms with Crippen LogP contribution in [0.3, 0.4) is 0 Å². The second-order valence-electron chi connectivity index (χ2n) is 3.83. The molecule has 1 heterocycles. The van der Waals surface area contributed by atoms with Crippen molar-refractivity contribution >= 4 is 25.6 Å². The highest BCUT2D eigenvalue weighted by Crippen LogP contribution is 2.23. The fourth-order valence-corrected chi connectivity index (χ4v) is 2.48. The van der Waals surface area contributed by atoms with Gasteiger partial charge in [-0.2, -0.15) is 0 Å². The quantitative estimate of drug-likeness (QED) is 0.564. The van der Waals surface area contributed by atoms with Crippen LogP contribution >= 0.6 is 10.7 Å². The van der Waals surface area contributed by atoms with Crippen LogP contribution in [0.4, 0.5) is 0 Å². The van der Waals surface area contributed by atoms with Crippen LogP contribution in [-0.4, -0.2) is 47.8 Å². The number of hydrogen-bond donors (Lipinski definition) is 1. The lowest BCUT2D eigenvalue weighted by Crippen LogP contribution is -2.27. The molecule has 0 aliphatic heterocycles. The van der Waals surface area contributed by atoms with Gasteiger partial charge < -0.3 is 19.2 Å². The first-order valence-electron chi connectivity index (χ1n) is 5.76.